The minimum absolute atomic E-state index is 0.0226. The molecule has 0 aromatic heterocycles. The van der Waals surface area contributed by atoms with Crippen LogP contribution in [-0.4, -0.2) is 30.3 Å². The highest BCUT2D eigenvalue weighted by atomic mass is 32.2. The van der Waals surface area contributed by atoms with Crippen LogP contribution in [0.5, 0.6) is 0 Å². The van der Waals surface area contributed by atoms with E-state index in [1.807, 2.05) is 6.92 Å². The van der Waals surface area contributed by atoms with Crippen LogP contribution in [0.1, 0.15) is 32.8 Å². The van der Waals surface area contributed by atoms with Crippen molar-refractivity contribution in [2.24, 2.45) is 17.6 Å². The van der Waals surface area contributed by atoms with Crippen LogP contribution in [0, 0.1) is 11.8 Å². The molecule has 6 heteroatoms. The van der Waals surface area contributed by atoms with Crippen molar-refractivity contribution >= 4 is 27.2 Å². The molecule has 21 heavy (non-hydrogen) atoms. The molecule has 0 radical (unpaired) electrons. The van der Waals surface area contributed by atoms with E-state index in [1.54, 1.807) is 28.6 Å². The van der Waals surface area contributed by atoms with Gasteiger partial charge in [0.1, 0.15) is 4.99 Å². The average Bonchev–Trinajstić information content (AvgIpc) is 2.42. The Morgan fingerprint density at radius 3 is 2.52 bits per heavy atom. The van der Waals surface area contributed by atoms with Gasteiger partial charge in [-0.2, -0.15) is 4.31 Å². The van der Waals surface area contributed by atoms with Gasteiger partial charge >= 0.3 is 0 Å². The zero-order chi connectivity index (χ0) is 15.8. The van der Waals surface area contributed by atoms with Crippen molar-refractivity contribution in [3.8, 4) is 0 Å². The second kappa shape index (κ2) is 6.02. The number of piperidine rings is 1. The van der Waals surface area contributed by atoms with E-state index in [0.29, 0.717) is 23.9 Å². The van der Waals surface area contributed by atoms with E-state index in [4.69, 9.17) is 18.0 Å². The van der Waals surface area contributed by atoms with Crippen molar-refractivity contribution in [1.29, 1.82) is 0 Å². The average molecular weight is 326 g/mol. The summed E-state index contributed by atoms with van der Waals surface area (Å²) in [5, 5.41) is 0. The minimum Gasteiger partial charge on any atom is -0.389 e. The third kappa shape index (κ3) is 3.12. The molecule has 1 aliphatic heterocycles. The lowest BCUT2D eigenvalue weighted by atomic mass is 9.88. The van der Waals surface area contributed by atoms with Crippen LogP contribution in [-0.2, 0) is 10.0 Å². The van der Waals surface area contributed by atoms with Crippen molar-refractivity contribution in [1.82, 2.24) is 4.31 Å². The normalized spacial score (nSPS) is 27.5. The molecule has 0 spiro atoms. The monoisotopic (exact) mass is 326 g/mol. The number of thiocarbonyl (C=S) groups is 1. The number of rotatable bonds is 3. The van der Waals surface area contributed by atoms with Crippen LogP contribution >= 0.6 is 12.2 Å². The van der Waals surface area contributed by atoms with Crippen LogP contribution in [0.25, 0.3) is 0 Å². The SMILES string of the molecule is CC1CC(C)C(C)N(S(=O)(=O)c2ccccc2C(N)=S)C1. The van der Waals surface area contributed by atoms with Gasteiger partial charge in [-0.1, -0.05) is 44.3 Å². The minimum atomic E-state index is -3.59. The molecular weight excluding hydrogens is 304 g/mol. The molecule has 1 saturated heterocycles. The molecule has 1 fully saturated rings. The fraction of sp³-hybridized carbons (Fsp3) is 0.533. The van der Waals surface area contributed by atoms with Crippen LogP contribution < -0.4 is 5.73 Å². The standard InChI is InChI=1S/C15H22N2O2S2/c1-10-8-11(2)12(3)17(9-10)21(18,19)14-7-5-4-6-13(14)15(16)20/h4-7,10-12H,8-9H2,1-3H3,(H2,16,20). The van der Waals surface area contributed by atoms with Gasteiger partial charge in [0.15, 0.2) is 0 Å². The summed E-state index contributed by atoms with van der Waals surface area (Å²) in [6, 6.07) is 6.68. The lowest BCUT2D eigenvalue weighted by Crippen LogP contribution is -2.49. The Labute approximate surface area is 132 Å². The molecule has 0 saturated carbocycles. The molecule has 1 aromatic rings. The number of benzene rings is 1. The Morgan fingerprint density at radius 2 is 1.90 bits per heavy atom. The molecule has 3 unspecified atom stereocenters. The quantitative estimate of drug-likeness (QED) is 0.866. The summed E-state index contributed by atoms with van der Waals surface area (Å²) < 4.78 is 27.6. The van der Waals surface area contributed by atoms with E-state index in [-0.39, 0.29) is 15.9 Å². The van der Waals surface area contributed by atoms with Gasteiger partial charge in [-0.3, -0.25) is 0 Å². The van der Waals surface area contributed by atoms with Crippen LogP contribution in [0.15, 0.2) is 29.2 Å². The number of hydrogen-bond acceptors (Lipinski definition) is 3. The summed E-state index contributed by atoms with van der Waals surface area (Å²) >= 11 is 4.99. The maximum absolute atomic E-state index is 13.0. The Balaban J connectivity index is 2.49. The molecule has 2 N–H and O–H groups in total. The first kappa shape index (κ1) is 16.4. The Kier molecular flexibility index (Phi) is 4.70. The van der Waals surface area contributed by atoms with Gasteiger partial charge in [-0.05, 0) is 31.2 Å². The van der Waals surface area contributed by atoms with Crippen molar-refractivity contribution in [3.63, 3.8) is 0 Å². The first-order chi connectivity index (χ1) is 9.75. The number of hydrogen-bond donors (Lipinski definition) is 1. The summed E-state index contributed by atoms with van der Waals surface area (Å²) in [5.74, 6) is 0.684. The third-order valence-corrected chi connectivity index (χ3v) is 6.51. The molecule has 116 valence electrons. The largest absolute Gasteiger partial charge is 0.389 e. The summed E-state index contributed by atoms with van der Waals surface area (Å²) in [5.41, 5.74) is 6.10. The topological polar surface area (TPSA) is 63.4 Å². The van der Waals surface area contributed by atoms with Crippen LogP contribution in [0.2, 0.25) is 0 Å². The Hall–Kier alpha value is -0.980. The lowest BCUT2D eigenvalue weighted by molar-refractivity contribution is 0.157. The Morgan fingerprint density at radius 1 is 1.29 bits per heavy atom. The predicted molar refractivity (Wildman–Crippen MR) is 88.6 cm³/mol. The molecule has 0 bridgehead atoms. The molecule has 0 amide bonds. The first-order valence-electron chi connectivity index (χ1n) is 7.15. The van der Waals surface area contributed by atoms with Crippen molar-refractivity contribution in [2.45, 2.75) is 38.1 Å². The number of nitrogens with zero attached hydrogens (tertiary/aromatic N) is 1. The van der Waals surface area contributed by atoms with Crippen molar-refractivity contribution in [2.75, 3.05) is 6.54 Å². The van der Waals surface area contributed by atoms with Gasteiger partial charge < -0.3 is 5.73 Å². The third-order valence-electron chi connectivity index (χ3n) is 4.28. The van der Waals surface area contributed by atoms with Gasteiger partial charge in [0, 0.05) is 18.2 Å². The van der Waals surface area contributed by atoms with E-state index in [1.165, 1.54) is 0 Å². The molecule has 0 aliphatic carbocycles. The molecule has 1 aliphatic rings. The highest BCUT2D eigenvalue weighted by molar-refractivity contribution is 7.89. The second-order valence-electron chi connectivity index (χ2n) is 5.99. The molecule has 2 rings (SSSR count). The summed E-state index contributed by atoms with van der Waals surface area (Å²) in [6.07, 6.45) is 1.05. The van der Waals surface area contributed by atoms with E-state index in [0.717, 1.165) is 6.42 Å². The van der Waals surface area contributed by atoms with Gasteiger partial charge in [-0.15, -0.1) is 0 Å². The zero-order valence-corrected chi connectivity index (χ0v) is 14.2. The van der Waals surface area contributed by atoms with Gasteiger partial charge in [0.05, 0.1) is 4.90 Å². The van der Waals surface area contributed by atoms with E-state index in [2.05, 4.69) is 13.8 Å². The molecule has 3 atom stereocenters. The fourth-order valence-electron chi connectivity index (χ4n) is 3.00. The zero-order valence-electron chi connectivity index (χ0n) is 12.6. The second-order valence-corrected chi connectivity index (χ2v) is 8.29. The summed E-state index contributed by atoms with van der Waals surface area (Å²) in [6.45, 7) is 6.70. The van der Waals surface area contributed by atoms with Gasteiger partial charge in [0.25, 0.3) is 0 Å². The number of sulfonamides is 1. The number of nitrogens with two attached hydrogens (primary N) is 1. The maximum Gasteiger partial charge on any atom is 0.244 e. The van der Waals surface area contributed by atoms with Gasteiger partial charge in [0.2, 0.25) is 10.0 Å². The van der Waals surface area contributed by atoms with E-state index in [9.17, 15) is 8.42 Å². The molecular formula is C15H22N2O2S2. The van der Waals surface area contributed by atoms with Crippen molar-refractivity contribution < 1.29 is 8.42 Å². The molecule has 1 aromatic carbocycles. The smallest absolute Gasteiger partial charge is 0.244 e. The van der Waals surface area contributed by atoms with Gasteiger partial charge in [-0.25, -0.2) is 8.42 Å². The van der Waals surface area contributed by atoms with Crippen LogP contribution in [0.4, 0.5) is 0 Å². The lowest BCUT2D eigenvalue weighted by Gasteiger charge is -2.40. The van der Waals surface area contributed by atoms with Crippen molar-refractivity contribution in [3.05, 3.63) is 29.8 Å². The highest BCUT2D eigenvalue weighted by Crippen LogP contribution is 2.32. The van der Waals surface area contributed by atoms with E-state index >= 15 is 0 Å². The summed E-state index contributed by atoms with van der Waals surface area (Å²) in [4.78, 5) is 0.325. The first-order valence-corrected chi connectivity index (χ1v) is 9.00. The molecule has 4 nitrogen and oxygen atoms in total. The molecule has 1 heterocycles. The fourth-order valence-corrected chi connectivity index (χ4v) is 5.30. The summed E-state index contributed by atoms with van der Waals surface area (Å²) in [7, 11) is -3.59. The predicted octanol–water partition coefficient (Wildman–Crippen LogP) is 2.38. The van der Waals surface area contributed by atoms with E-state index < -0.39 is 10.0 Å². The Bertz CT molecular complexity index is 643. The van der Waals surface area contributed by atoms with Crippen LogP contribution in [0.3, 0.4) is 0 Å². The maximum atomic E-state index is 13.0. The highest BCUT2D eigenvalue weighted by Gasteiger charge is 2.38.